The van der Waals surface area contributed by atoms with Crippen LogP contribution in [0.15, 0.2) is 53.0 Å². The van der Waals surface area contributed by atoms with Crippen LogP contribution in [-0.2, 0) is 6.54 Å². The number of Topliss-reactive ketones (excluding diaryl/α,β-unsaturated/α-hetero) is 1. The van der Waals surface area contributed by atoms with Crippen LogP contribution >= 0.6 is 15.9 Å². The van der Waals surface area contributed by atoms with Crippen LogP contribution in [0.4, 0.5) is 5.69 Å². The normalized spacial score (nSPS) is 12.0. The van der Waals surface area contributed by atoms with Crippen molar-refractivity contribution in [3.63, 3.8) is 0 Å². The largest absolute Gasteiger partial charge is 0.392 e. The minimum Gasteiger partial charge on any atom is -0.392 e. The third-order valence-corrected chi connectivity index (χ3v) is 4.05. The molecule has 0 amide bonds. The molecule has 4 heteroatoms. The highest BCUT2D eigenvalue weighted by Crippen LogP contribution is 2.26. The maximum atomic E-state index is 11.5. The molecule has 22 heavy (non-hydrogen) atoms. The van der Waals surface area contributed by atoms with Gasteiger partial charge in [-0.3, -0.25) is 4.79 Å². The number of ketones is 1. The average molecular weight is 362 g/mol. The molecule has 0 bridgehead atoms. The summed E-state index contributed by atoms with van der Waals surface area (Å²) >= 11 is 3.46. The van der Waals surface area contributed by atoms with Crippen molar-refractivity contribution in [2.45, 2.75) is 26.5 Å². The van der Waals surface area contributed by atoms with E-state index in [1.165, 1.54) is 5.56 Å². The van der Waals surface area contributed by atoms with E-state index in [-0.39, 0.29) is 5.78 Å². The highest BCUT2D eigenvalue weighted by molar-refractivity contribution is 9.10. The summed E-state index contributed by atoms with van der Waals surface area (Å²) in [5.74, 6) is 0.0311. The highest BCUT2D eigenvalue weighted by Gasteiger charge is 2.13. The number of benzene rings is 2. The first-order chi connectivity index (χ1) is 10.5. The van der Waals surface area contributed by atoms with Crippen LogP contribution in [0.25, 0.3) is 0 Å². The molecule has 1 N–H and O–H groups in total. The Morgan fingerprint density at radius 1 is 1.23 bits per heavy atom. The maximum absolute atomic E-state index is 11.5. The lowest BCUT2D eigenvalue weighted by molar-refractivity contribution is 0.101. The summed E-state index contributed by atoms with van der Waals surface area (Å²) in [6, 6.07) is 15.8. The van der Waals surface area contributed by atoms with Crippen molar-refractivity contribution in [3.05, 3.63) is 64.1 Å². The van der Waals surface area contributed by atoms with Gasteiger partial charge in [0.15, 0.2) is 5.78 Å². The molecule has 2 aromatic rings. The summed E-state index contributed by atoms with van der Waals surface area (Å²) in [4.78, 5) is 13.6. The van der Waals surface area contributed by atoms with Gasteiger partial charge in [0.05, 0.1) is 6.10 Å². The van der Waals surface area contributed by atoms with Gasteiger partial charge in [-0.1, -0.05) is 30.3 Å². The Morgan fingerprint density at radius 2 is 1.91 bits per heavy atom. The van der Waals surface area contributed by atoms with Crippen molar-refractivity contribution in [1.29, 1.82) is 0 Å². The number of aliphatic hydroxyl groups excluding tert-OH is 1. The standard InChI is InChI=1S/C18H20BrNO2/c1-13(21)11-20(12-15-6-4-3-5-7-15)16-8-9-17(14(2)22)18(19)10-16/h3-10,13,21H,11-12H2,1-2H3. The summed E-state index contributed by atoms with van der Waals surface area (Å²) < 4.78 is 0.779. The van der Waals surface area contributed by atoms with Gasteiger partial charge in [0.25, 0.3) is 0 Å². The van der Waals surface area contributed by atoms with E-state index in [1.54, 1.807) is 13.8 Å². The lowest BCUT2D eigenvalue weighted by Gasteiger charge is -2.27. The van der Waals surface area contributed by atoms with Crippen molar-refractivity contribution in [2.75, 3.05) is 11.4 Å². The minimum atomic E-state index is -0.435. The summed E-state index contributed by atoms with van der Waals surface area (Å²) in [6.07, 6.45) is -0.435. The molecule has 0 heterocycles. The molecular formula is C18H20BrNO2. The van der Waals surface area contributed by atoms with Crippen LogP contribution in [0, 0.1) is 0 Å². The van der Waals surface area contributed by atoms with Gasteiger partial charge in [0, 0.05) is 28.8 Å². The zero-order chi connectivity index (χ0) is 16.1. The molecular weight excluding hydrogens is 342 g/mol. The fourth-order valence-electron chi connectivity index (χ4n) is 2.37. The van der Waals surface area contributed by atoms with Crippen LogP contribution < -0.4 is 4.90 Å². The fraction of sp³-hybridized carbons (Fsp3) is 0.278. The topological polar surface area (TPSA) is 40.5 Å². The second-order valence-electron chi connectivity index (χ2n) is 5.44. The first-order valence-corrected chi connectivity index (χ1v) is 8.04. The Kier molecular flexibility index (Phi) is 5.75. The number of carbonyl (C=O) groups excluding carboxylic acids is 1. The first-order valence-electron chi connectivity index (χ1n) is 7.25. The number of aliphatic hydroxyl groups is 1. The SMILES string of the molecule is CC(=O)c1ccc(N(Cc2ccccc2)CC(C)O)cc1Br. The summed E-state index contributed by atoms with van der Waals surface area (Å²) in [7, 11) is 0. The third-order valence-electron chi connectivity index (χ3n) is 3.40. The van der Waals surface area contributed by atoms with Crippen molar-refractivity contribution < 1.29 is 9.90 Å². The lowest BCUT2D eigenvalue weighted by Crippen LogP contribution is -2.30. The molecule has 2 rings (SSSR count). The number of hydrogen-bond acceptors (Lipinski definition) is 3. The van der Waals surface area contributed by atoms with Gasteiger partial charge < -0.3 is 10.0 Å². The van der Waals surface area contributed by atoms with Crippen molar-refractivity contribution in [3.8, 4) is 0 Å². The molecule has 0 aliphatic carbocycles. The smallest absolute Gasteiger partial charge is 0.160 e. The number of rotatable bonds is 6. The molecule has 0 radical (unpaired) electrons. The van der Waals surface area contributed by atoms with E-state index >= 15 is 0 Å². The second kappa shape index (κ2) is 7.56. The molecule has 0 aliphatic heterocycles. The monoisotopic (exact) mass is 361 g/mol. The van der Waals surface area contributed by atoms with Crippen LogP contribution in [0.3, 0.4) is 0 Å². The van der Waals surface area contributed by atoms with Crippen LogP contribution in [0.1, 0.15) is 29.8 Å². The van der Waals surface area contributed by atoms with E-state index in [4.69, 9.17) is 0 Å². The maximum Gasteiger partial charge on any atom is 0.160 e. The van der Waals surface area contributed by atoms with Gasteiger partial charge in [-0.05, 0) is 53.5 Å². The van der Waals surface area contributed by atoms with Crippen molar-refractivity contribution in [2.24, 2.45) is 0 Å². The van der Waals surface area contributed by atoms with Crippen LogP contribution in [0.5, 0.6) is 0 Å². The average Bonchev–Trinajstić information content (AvgIpc) is 2.46. The molecule has 0 saturated heterocycles. The van der Waals surface area contributed by atoms with Gasteiger partial charge in [-0.25, -0.2) is 0 Å². The molecule has 1 unspecified atom stereocenters. The summed E-state index contributed by atoms with van der Waals surface area (Å²) in [5.41, 5.74) is 2.82. The van der Waals surface area contributed by atoms with E-state index in [2.05, 4.69) is 33.0 Å². The Hall–Kier alpha value is -1.65. The Morgan fingerprint density at radius 3 is 2.45 bits per heavy atom. The van der Waals surface area contributed by atoms with E-state index in [0.29, 0.717) is 18.7 Å². The van der Waals surface area contributed by atoms with E-state index in [1.807, 2.05) is 36.4 Å². The van der Waals surface area contributed by atoms with E-state index in [0.717, 1.165) is 10.2 Å². The van der Waals surface area contributed by atoms with Gasteiger partial charge in [0.1, 0.15) is 0 Å². The number of hydrogen-bond donors (Lipinski definition) is 1. The zero-order valence-corrected chi connectivity index (χ0v) is 14.4. The minimum absolute atomic E-state index is 0.0311. The van der Waals surface area contributed by atoms with Crippen molar-refractivity contribution in [1.82, 2.24) is 0 Å². The van der Waals surface area contributed by atoms with Crippen molar-refractivity contribution >= 4 is 27.4 Å². The lowest BCUT2D eigenvalue weighted by atomic mass is 10.1. The van der Waals surface area contributed by atoms with E-state index < -0.39 is 6.10 Å². The summed E-state index contributed by atoms with van der Waals surface area (Å²) in [5, 5.41) is 9.77. The molecule has 0 saturated carbocycles. The fourth-order valence-corrected chi connectivity index (χ4v) is 3.02. The second-order valence-corrected chi connectivity index (χ2v) is 6.29. The Balaban J connectivity index is 2.29. The van der Waals surface area contributed by atoms with Crippen LogP contribution in [0.2, 0.25) is 0 Å². The number of carbonyl (C=O) groups is 1. The molecule has 0 spiro atoms. The number of halogens is 1. The molecule has 0 aliphatic rings. The molecule has 0 fully saturated rings. The number of anilines is 1. The Bertz CT molecular complexity index is 641. The van der Waals surface area contributed by atoms with Gasteiger partial charge in [0.2, 0.25) is 0 Å². The zero-order valence-electron chi connectivity index (χ0n) is 12.8. The predicted octanol–water partition coefficient (Wildman–Crippen LogP) is 4.04. The van der Waals surface area contributed by atoms with E-state index in [9.17, 15) is 9.90 Å². The number of nitrogens with zero attached hydrogens (tertiary/aromatic N) is 1. The first kappa shape index (κ1) is 16.7. The van der Waals surface area contributed by atoms with Gasteiger partial charge in [-0.2, -0.15) is 0 Å². The quantitative estimate of drug-likeness (QED) is 0.789. The third kappa shape index (κ3) is 4.42. The van der Waals surface area contributed by atoms with Crippen LogP contribution in [-0.4, -0.2) is 23.5 Å². The molecule has 0 aromatic heterocycles. The molecule has 3 nitrogen and oxygen atoms in total. The molecule has 116 valence electrons. The van der Waals surface area contributed by atoms with Gasteiger partial charge >= 0.3 is 0 Å². The highest BCUT2D eigenvalue weighted by atomic mass is 79.9. The molecule has 1 atom stereocenters. The summed E-state index contributed by atoms with van der Waals surface area (Å²) in [6.45, 7) is 4.56. The predicted molar refractivity (Wildman–Crippen MR) is 93.3 cm³/mol. The Labute approximate surface area is 139 Å². The molecule has 2 aromatic carbocycles. The van der Waals surface area contributed by atoms with Gasteiger partial charge in [-0.15, -0.1) is 0 Å².